The van der Waals surface area contributed by atoms with E-state index in [1.807, 2.05) is 18.5 Å². The molecule has 3 aromatic rings. The minimum atomic E-state index is -0.0956. The summed E-state index contributed by atoms with van der Waals surface area (Å²) >= 11 is 3.01. The van der Waals surface area contributed by atoms with Crippen LogP contribution in [0.5, 0.6) is 0 Å². The Balaban J connectivity index is 1.74. The molecule has 1 amide bonds. The average molecular weight is 420 g/mol. The first-order valence-corrected chi connectivity index (χ1v) is 11.2. The van der Waals surface area contributed by atoms with Crippen molar-refractivity contribution in [3.8, 4) is 0 Å². The predicted octanol–water partition coefficient (Wildman–Crippen LogP) is 3.26. The van der Waals surface area contributed by atoms with Gasteiger partial charge in [-0.15, -0.1) is 11.3 Å². The van der Waals surface area contributed by atoms with Crippen molar-refractivity contribution < 1.29 is 4.79 Å². The Morgan fingerprint density at radius 1 is 1.21 bits per heavy atom. The van der Waals surface area contributed by atoms with E-state index in [2.05, 4.69) is 44.5 Å². The molecular formula is C18H25N7OS2. The molecule has 3 rings (SSSR count). The first-order chi connectivity index (χ1) is 13.5. The second kappa shape index (κ2) is 9.33. The maximum atomic E-state index is 12.4. The molecule has 0 radical (unpaired) electrons. The topological polar surface area (TPSA) is 97.6 Å². The number of fused-ring (bicyclic) bond motifs is 1. The Labute approximate surface area is 172 Å². The van der Waals surface area contributed by atoms with Crippen LogP contribution in [0.1, 0.15) is 40.6 Å². The molecular weight excluding hydrogens is 394 g/mol. The van der Waals surface area contributed by atoms with Gasteiger partial charge < -0.3 is 10.6 Å². The average Bonchev–Trinajstić information content (AvgIpc) is 3.22. The van der Waals surface area contributed by atoms with Crippen LogP contribution in [0.4, 0.5) is 5.82 Å². The molecule has 0 saturated heterocycles. The number of amides is 1. The molecule has 3 heterocycles. The number of nitrogens with one attached hydrogen (secondary N) is 2. The van der Waals surface area contributed by atoms with Crippen LogP contribution in [0.25, 0.3) is 11.0 Å². The molecule has 3 aromatic heterocycles. The quantitative estimate of drug-likeness (QED) is 0.406. The van der Waals surface area contributed by atoms with Crippen molar-refractivity contribution >= 4 is 45.9 Å². The summed E-state index contributed by atoms with van der Waals surface area (Å²) in [5, 5.41) is 13.3. The van der Waals surface area contributed by atoms with Crippen LogP contribution in [-0.4, -0.2) is 49.5 Å². The summed E-state index contributed by atoms with van der Waals surface area (Å²) in [5.74, 6) is 1.62. The normalized spacial score (nSPS) is 11.1. The minimum absolute atomic E-state index is 0.0956. The third-order valence-electron chi connectivity index (χ3n) is 4.01. The highest BCUT2D eigenvalue weighted by Crippen LogP contribution is 2.24. The van der Waals surface area contributed by atoms with Gasteiger partial charge in [-0.3, -0.25) is 4.79 Å². The van der Waals surface area contributed by atoms with Gasteiger partial charge in [0, 0.05) is 13.1 Å². The summed E-state index contributed by atoms with van der Waals surface area (Å²) in [6.07, 6.45) is 2.80. The van der Waals surface area contributed by atoms with Gasteiger partial charge in [-0.1, -0.05) is 25.6 Å². The van der Waals surface area contributed by atoms with E-state index in [1.54, 1.807) is 18.0 Å². The number of hydrogen-bond donors (Lipinski definition) is 2. The number of carbonyl (C=O) groups excluding carboxylic acids is 1. The highest BCUT2D eigenvalue weighted by Gasteiger charge is 2.15. The molecule has 0 bridgehead atoms. The second-order valence-electron chi connectivity index (χ2n) is 6.22. The van der Waals surface area contributed by atoms with E-state index in [1.165, 1.54) is 11.3 Å². The molecule has 8 nitrogen and oxygen atoms in total. The Kier molecular flexibility index (Phi) is 6.84. The van der Waals surface area contributed by atoms with Gasteiger partial charge >= 0.3 is 0 Å². The van der Waals surface area contributed by atoms with Gasteiger partial charge in [0.25, 0.3) is 5.91 Å². The highest BCUT2D eigenvalue weighted by atomic mass is 32.2. The zero-order valence-electron chi connectivity index (χ0n) is 16.6. The lowest BCUT2D eigenvalue weighted by atomic mass is 10.3. The number of hydrogen-bond acceptors (Lipinski definition) is 8. The number of nitrogens with zero attached hydrogens (tertiary/aromatic N) is 5. The number of thiazole rings is 1. The lowest BCUT2D eigenvalue weighted by Crippen LogP contribution is -2.27. The molecule has 0 saturated carbocycles. The first kappa shape index (κ1) is 20.5. The van der Waals surface area contributed by atoms with E-state index in [9.17, 15) is 4.79 Å². The highest BCUT2D eigenvalue weighted by molar-refractivity contribution is 7.99. The third kappa shape index (κ3) is 4.61. The van der Waals surface area contributed by atoms with E-state index in [0.717, 1.165) is 51.4 Å². The molecule has 0 aliphatic rings. The molecule has 0 atom stereocenters. The molecule has 28 heavy (non-hydrogen) atoms. The van der Waals surface area contributed by atoms with Crippen LogP contribution in [0.2, 0.25) is 0 Å². The van der Waals surface area contributed by atoms with Crippen molar-refractivity contribution in [2.24, 2.45) is 0 Å². The smallest absolute Gasteiger partial charge is 0.263 e. The van der Waals surface area contributed by atoms with Crippen LogP contribution in [0.3, 0.4) is 0 Å². The van der Waals surface area contributed by atoms with Gasteiger partial charge in [0.1, 0.15) is 10.7 Å². The van der Waals surface area contributed by atoms with Crippen LogP contribution >= 0.6 is 23.1 Å². The van der Waals surface area contributed by atoms with E-state index < -0.39 is 0 Å². The molecule has 2 N–H and O–H groups in total. The molecule has 10 heteroatoms. The maximum absolute atomic E-state index is 12.4. The van der Waals surface area contributed by atoms with Crippen molar-refractivity contribution in [1.29, 1.82) is 0 Å². The van der Waals surface area contributed by atoms with Crippen LogP contribution in [-0.2, 0) is 6.54 Å². The van der Waals surface area contributed by atoms with Crippen molar-refractivity contribution in [2.75, 3.05) is 24.2 Å². The number of anilines is 1. The van der Waals surface area contributed by atoms with Gasteiger partial charge in [0.15, 0.2) is 10.8 Å². The summed E-state index contributed by atoms with van der Waals surface area (Å²) in [6, 6.07) is 0. The Morgan fingerprint density at radius 2 is 2.04 bits per heavy atom. The number of carbonyl (C=O) groups is 1. The van der Waals surface area contributed by atoms with E-state index in [0.29, 0.717) is 18.0 Å². The largest absolute Gasteiger partial charge is 0.369 e. The minimum Gasteiger partial charge on any atom is -0.369 e. The van der Waals surface area contributed by atoms with E-state index in [4.69, 9.17) is 0 Å². The first-order valence-electron chi connectivity index (χ1n) is 9.35. The fourth-order valence-electron chi connectivity index (χ4n) is 2.77. The monoisotopic (exact) mass is 419 g/mol. The fraction of sp³-hybridized carbons (Fsp3) is 0.500. The number of aryl methyl sites for hydroxylation is 2. The standard InChI is InChI=1S/C18H25N7OS2/c1-5-7-19-15-13-10-21-25(16(13)24-18(23-15)27-6-2)9-8-20-17(26)14-11(3)22-12(4)28-14/h10H,5-9H2,1-4H3,(H,20,26)(H,19,23,24). The Morgan fingerprint density at radius 3 is 2.71 bits per heavy atom. The second-order valence-corrected chi connectivity index (χ2v) is 8.66. The van der Waals surface area contributed by atoms with Gasteiger partial charge in [0.05, 0.1) is 28.8 Å². The van der Waals surface area contributed by atoms with E-state index in [-0.39, 0.29) is 5.91 Å². The molecule has 0 fully saturated rings. The molecule has 150 valence electrons. The predicted molar refractivity (Wildman–Crippen MR) is 114 cm³/mol. The van der Waals surface area contributed by atoms with Gasteiger partial charge in [-0.25, -0.2) is 19.6 Å². The van der Waals surface area contributed by atoms with Crippen molar-refractivity contribution in [1.82, 2.24) is 30.0 Å². The van der Waals surface area contributed by atoms with Crippen LogP contribution in [0.15, 0.2) is 11.4 Å². The lowest BCUT2D eigenvalue weighted by molar-refractivity contribution is 0.0955. The molecule has 0 unspecified atom stereocenters. The Hall–Kier alpha value is -2.20. The van der Waals surface area contributed by atoms with Crippen molar-refractivity contribution in [3.63, 3.8) is 0 Å². The van der Waals surface area contributed by atoms with E-state index >= 15 is 0 Å². The summed E-state index contributed by atoms with van der Waals surface area (Å²) < 4.78 is 1.82. The zero-order chi connectivity index (χ0) is 20.1. The summed E-state index contributed by atoms with van der Waals surface area (Å²) in [6.45, 7) is 9.79. The van der Waals surface area contributed by atoms with Crippen molar-refractivity contribution in [3.05, 3.63) is 21.8 Å². The molecule has 0 aliphatic carbocycles. The molecule has 0 aliphatic heterocycles. The lowest BCUT2D eigenvalue weighted by Gasteiger charge is -2.09. The number of thioether (sulfide) groups is 1. The number of rotatable bonds is 9. The van der Waals surface area contributed by atoms with Crippen LogP contribution in [0, 0.1) is 13.8 Å². The summed E-state index contributed by atoms with van der Waals surface area (Å²) in [5.41, 5.74) is 1.55. The van der Waals surface area contributed by atoms with Gasteiger partial charge in [-0.2, -0.15) is 5.10 Å². The number of aromatic nitrogens is 5. The summed E-state index contributed by atoms with van der Waals surface area (Å²) in [4.78, 5) is 26.6. The molecule has 0 spiro atoms. The summed E-state index contributed by atoms with van der Waals surface area (Å²) in [7, 11) is 0. The van der Waals surface area contributed by atoms with Crippen LogP contribution < -0.4 is 10.6 Å². The molecule has 0 aromatic carbocycles. The maximum Gasteiger partial charge on any atom is 0.263 e. The Bertz CT molecular complexity index is 966. The van der Waals surface area contributed by atoms with Crippen molar-refractivity contribution in [2.45, 2.75) is 45.8 Å². The third-order valence-corrected chi connectivity index (χ3v) is 5.81. The van der Waals surface area contributed by atoms with Gasteiger partial charge in [-0.05, 0) is 26.0 Å². The zero-order valence-corrected chi connectivity index (χ0v) is 18.2. The fourth-order valence-corrected chi connectivity index (χ4v) is 4.17. The SMILES string of the molecule is CCCNc1nc(SCC)nc2c1cnn2CCNC(=O)c1sc(C)nc1C. The van der Waals surface area contributed by atoms with Gasteiger partial charge in [0.2, 0.25) is 0 Å².